The van der Waals surface area contributed by atoms with Crippen molar-refractivity contribution in [1.82, 2.24) is 4.90 Å². The van der Waals surface area contributed by atoms with Crippen molar-refractivity contribution in [3.63, 3.8) is 0 Å². The fourth-order valence-corrected chi connectivity index (χ4v) is 2.10. The number of hydrogen-bond acceptors (Lipinski definition) is 3. The van der Waals surface area contributed by atoms with Gasteiger partial charge in [-0.1, -0.05) is 12.1 Å². The third-order valence-electron chi connectivity index (χ3n) is 2.89. The van der Waals surface area contributed by atoms with Gasteiger partial charge in [-0.3, -0.25) is 4.79 Å². The Kier molecular flexibility index (Phi) is 2.49. The Hall–Kier alpha value is -1.71. The van der Waals surface area contributed by atoms with Crippen molar-refractivity contribution in [2.45, 2.75) is 18.9 Å². The molecular weight excluding hydrogens is 192 g/mol. The van der Waals surface area contributed by atoms with E-state index >= 15 is 0 Å². The number of nitrogen functional groups attached to an aromatic ring is 1. The summed E-state index contributed by atoms with van der Waals surface area (Å²) in [6.07, 6.45) is 2.69. The van der Waals surface area contributed by atoms with Crippen molar-refractivity contribution in [3.05, 3.63) is 23.8 Å². The van der Waals surface area contributed by atoms with Crippen molar-refractivity contribution in [1.29, 1.82) is 0 Å². The number of nitrogens with two attached hydrogens (primary N) is 1. The maximum Gasteiger partial charge on any atom is 0.210 e. The second kappa shape index (κ2) is 3.81. The third-order valence-corrected chi connectivity index (χ3v) is 2.89. The maximum atomic E-state index is 10.8. The first-order valence-electron chi connectivity index (χ1n) is 5.02. The Morgan fingerprint density at radius 2 is 2.33 bits per heavy atom. The smallest absolute Gasteiger partial charge is 0.210 e. The molecule has 0 spiro atoms. The van der Waals surface area contributed by atoms with E-state index in [0.29, 0.717) is 5.69 Å². The van der Waals surface area contributed by atoms with E-state index in [1.165, 1.54) is 0 Å². The molecule has 0 aliphatic carbocycles. The molecule has 1 atom stereocenters. The summed E-state index contributed by atoms with van der Waals surface area (Å²) < 4.78 is 0. The number of anilines is 1. The van der Waals surface area contributed by atoms with E-state index in [1.807, 2.05) is 6.07 Å². The van der Waals surface area contributed by atoms with E-state index in [1.54, 1.807) is 17.0 Å². The summed E-state index contributed by atoms with van der Waals surface area (Å²) >= 11 is 0. The van der Waals surface area contributed by atoms with Crippen LogP contribution in [-0.4, -0.2) is 23.0 Å². The molecule has 0 aromatic heterocycles. The Balaban J connectivity index is 2.36. The van der Waals surface area contributed by atoms with Gasteiger partial charge in [0.25, 0.3) is 0 Å². The number of amides is 1. The van der Waals surface area contributed by atoms with E-state index < -0.39 is 0 Å². The van der Waals surface area contributed by atoms with E-state index in [4.69, 9.17) is 5.73 Å². The number of para-hydroxylation sites is 1. The first-order valence-corrected chi connectivity index (χ1v) is 5.02. The second-order valence-electron chi connectivity index (χ2n) is 3.79. The highest BCUT2D eigenvalue weighted by molar-refractivity contribution is 5.58. The summed E-state index contributed by atoms with van der Waals surface area (Å²) in [5, 5.41) is 9.80. The Labute approximate surface area is 88.3 Å². The minimum atomic E-state index is -0.0222. The summed E-state index contributed by atoms with van der Waals surface area (Å²) in [4.78, 5) is 12.5. The molecule has 1 fully saturated rings. The molecule has 0 bridgehead atoms. The topological polar surface area (TPSA) is 66.6 Å². The van der Waals surface area contributed by atoms with Gasteiger partial charge in [-0.2, -0.15) is 0 Å². The van der Waals surface area contributed by atoms with Crippen molar-refractivity contribution < 1.29 is 9.90 Å². The van der Waals surface area contributed by atoms with Gasteiger partial charge < -0.3 is 15.7 Å². The molecule has 1 aromatic carbocycles. The highest BCUT2D eigenvalue weighted by Crippen LogP contribution is 2.37. The molecule has 1 saturated heterocycles. The number of carbonyl (C=O) groups is 1. The lowest BCUT2D eigenvalue weighted by Gasteiger charge is -2.21. The van der Waals surface area contributed by atoms with Crippen LogP contribution in [0.1, 0.15) is 24.4 Å². The summed E-state index contributed by atoms with van der Waals surface area (Å²) in [6.45, 7) is 0.752. The summed E-state index contributed by atoms with van der Waals surface area (Å²) in [6, 6.07) is 5.24. The standard InChI is InChI=1S/C11H14N2O2/c12-9-4-1-3-8(11(9)15)10-5-2-6-13(10)7-14/h1,3-4,7,10,15H,2,5-6,12H2. The molecule has 1 amide bonds. The summed E-state index contributed by atoms with van der Waals surface area (Å²) in [5.74, 6) is 0.108. The fraction of sp³-hybridized carbons (Fsp3) is 0.364. The number of rotatable bonds is 2. The van der Waals surface area contributed by atoms with Crippen molar-refractivity contribution in [2.75, 3.05) is 12.3 Å². The zero-order valence-corrected chi connectivity index (χ0v) is 8.39. The Bertz CT molecular complexity index is 379. The van der Waals surface area contributed by atoms with Crippen LogP contribution in [0.15, 0.2) is 18.2 Å². The number of likely N-dealkylation sites (tertiary alicyclic amines) is 1. The fourth-order valence-electron chi connectivity index (χ4n) is 2.10. The molecule has 1 aromatic rings. The van der Waals surface area contributed by atoms with E-state index in [9.17, 15) is 9.90 Å². The van der Waals surface area contributed by atoms with Gasteiger partial charge in [0.1, 0.15) is 5.75 Å². The molecule has 4 heteroatoms. The predicted octanol–water partition coefficient (Wildman–Crippen LogP) is 1.27. The van der Waals surface area contributed by atoms with Gasteiger partial charge in [0.05, 0.1) is 11.7 Å². The molecule has 0 radical (unpaired) electrons. The molecule has 1 aliphatic rings. The molecule has 1 heterocycles. The Morgan fingerprint density at radius 3 is 3.07 bits per heavy atom. The second-order valence-corrected chi connectivity index (χ2v) is 3.79. The molecule has 0 saturated carbocycles. The largest absolute Gasteiger partial charge is 0.505 e. The van der Waals surface area contributed by atoms with Crippen LogP contribution >= 0.6 is 0 Å². The molecule has 15 heavy (non-hydrogen) atoms. The average molecular weight is 206 g/mol. The zero-order valence-electron chi connectivity index (χ0n) is 8.39. The minimum Gasteiger partial charge on any atom is -0.505 e. The van der Waals surface area contributed by atoms with Crippen LogP contribution < -0.4 is 5.73 Å². The van der Waals surface area contributed by atoms with Crippen LogP contribution in [0.2, 0.25) is 0 Å². The van der Waals surface area contributed by atoms with Crippen LogP contribution in [0.4, 0.5) is 5.69 Å². The number of nitrogens with zero attached hydrogens (tertiary/aromatic N) is 1. The van der Waals surface area contributed by atoms with Gasteiger partial charge >= 0.3 is 0 Å². The number of phenols is 1. The van der Waals surface area contributed by atoms with Crippen molar-refractivity contribution >= 4 is 12.1 Å². The number of aromatic hydroxyl groups is 1. The normalized spacial score (nSPS) is 20.5. The highest BCUT2D eigenvalue weighted by Gasteiger charge is 2.27. The van der Waals surface area contributed by atoms with Gasteiger partial charge in [-0.25, -0.2) is 0 Å². The van der Waals surface area contributed by atoms with Crippen LogP contribution in [-0.2, 0) is 4.79 Å². The number of carbonyl (C=O) groups excluding carboxylic acids is 1. The van der Waals surface area contributed by atoms with Crippen molar-refractivity contribution in [2.24, 2.45) is 0 Å². The van der Waals surface area contributed by atoms with Gasteiger partial charge in [0.2, 0.25) is 6.41 Å². The van der Waals surface area contributed by atoms with Crippen LogP contribution in [0.3, 0.4) is 0 Å². The minimum absolute atomic E-state index is 0.0222. The molecule has 3 N–H and O–H groups in total. The van der Waals surface area contributed by atoms with Gasteiger partial charge in [0.15, 0.2) is 0 Å². The Morgan fingerprint density at radius 1 is 1.53 bits per heavy atom. The zero-order chi connectivity index (χ0) is 10.8. The van der Waals surface area contributed by atoms with Gasteiger partial charge in [-0.05, 0) is 18.9 Å². The van der Waals surface area contributed by atoms with Gasteiger partial charge in [-0.15, -0.1) is 0 Å². The maximum absolute atomic E-state index is 10.8. The molecule has 1 aliphatic heterocycles. The van der Waals surface area contributed by atoms with Crippen LogP contribution in [0.5, 0.6) is 5.75 Å². The van der Waals surface area contributed by atoms with E-state index in [2.05, 4.69) is 0 Å². The van der Waals surface area contributed by atoms with Crippen LogP contribution in [0.25, 0.3) is 0 Å². The number of phenolic OH excluding ortho intramolecular Hbond substituents is 1. The molecule has 4 nitrogen and oxygen atoms in total. The van der Waals surface area contributed by atoms with E-state index in [-0.39, 0.29) is 11.8 Å². The van der Waals surface area contributed by atoms with Crippen molar-refractivity contribution in [3.8, 4) is 5.75 Å². The quantitative estimate of drug-likeness (QED) is 0.435. The predicted molar refractivity (Wildman–Crippen MR) is 57.3 cm³/mol. The first kappa shape index (κ1) is 9.83. The highest BCUT2D eigenvalue weighted by atomic mass is 16.3. The third kappa shape index (κ3) is 1.63. The lowest BCUT2D eigenvalue weighted by Crippen LogP contribution is -2.21. The monoisotopic (exact) mass is 206 g/mol. The van der Waals surface area contributed by atoms with Gasteiger partial charge in [0, 0.05) is 12.1 Å². The summed E-state index contributed by atoms with van der Waals surface area (Å²) in [7, 11) is 0. The molecule has 80 valence electrons. The van der Waals surface area contributed by atoms with Crippen LogP contribution in [0, 0.1) is 0 Å². The first-order chi connectivity index (χ1) is 7.24. The average Bonchev–Trinajstić information content (AvgIpc) is 2.70. The molecular formula is C11H14N2O2. The SMILES string of the molecule is Nc1cccc(C2CCCN2C=O)c1O. The lowest BCUT2D eigenvalue weighted by molar-refractivity contribution is -0.118. The lowest BCUT2D eigenvalue weighted by atomic mass is 10.0. The van der Waals surface area contributed by atoms with E-state index in [0.717, 1.165) is 31.4 Å². The molecule has 1 unspecified atom stereocenters. The number of hydrogen-bond donors (Lipinski definition) is 2. The number of benzene rings is 1. The molecule has 2 rings (SSSR count). The summed E-state index contributed by atoms with van der Waals surface area (Å²) in [5.41, 5.74) is 6.73.